The number of hydrogen-bond acceptors (Lipinski definition) is 1. The smallest absolute Gasteiger partial charge is 0.224 e. The number of nitrogens with two attached hydrogens (primary N) is 1. The fourth-order valence-electron chi connectivity index (χ4n) is 4.23. The standard InChI is InChI=1S/C22H27NO/c1-16(2)17-10-12-19(13-11-17)20(18-8-4-3-5-9-18)22(21(23)24)14-6-7-15-22/h3-5,8-13,16,20H,6-7,14-15H2,1-2H3,(H2,23,24). The normalized spacial score (nSPS) is 17.8. The van der Waals surface area contributed by atoms with Gasteiger partial charge < -0.3 is 5.73 Å². The van der Waals surface area contributed by atoms with Crippen LogP contribution < -0.4 is 5.73 Å². The summed E-state index contributed by atoms with van der Waals surface area (Å²) in [5.74, 6) is 0.396. The van der Waals surface area contributed by atoms with E-state index in [4.69, 9.17) is 5.73 Å². The van der Waals surface area contributed by atoms with E-state index >= 15 is 0 Å². The molecule has 0 heterocycles. The lowest BCUT2D eigenvalue weighted by atomic mass is 9.67. The van der Waals surface area contributed by atoms with E-state index < -0.39 is 5.41 Å². The summed E-state index contributed by atoms with van der Waals surface area (Å²) in [4.78, 5) is 12.5. The Bertz CT molecular complexity index is 682. The van der Waals surface area contributed by atoms with E-state index in [2.05, 4.69) is 62.4 Å². The van der Waals surface area contributed by atoms with Crippen LogP contribution in [0.1, 0.15) is 68.1 Å². The van der Waals surface area contributed by atoms with Crippen LogP contribution in [0.5, 0.6) is 0 Å². The SMILES string of the molecule is CC(C)c1ccc(C(c2ccccc2)C2(C(N)=O)CCCC2)cc1. The third-order valence-electron chi connectivity index (χ3n) is 5.61. The number of primary amides is 1. The largest absolute Gasteiger partial charge is 0.369 e. The van der Waals surface area contributed by atoms with Gasteiger partial charge in [0.25, 0.3) is 0 Å². The molecule has 2 N–H and O–H groups in total. The number of rotatable bonds is 5. The Balaban J connectivity index is 2.10. The van der Waals surface area contributed by atoms with Crippen molar-refractivity contribution in [1.29, 1.82) is 0 Å². The van der Waals surface area contributed by atoms with Crippen LogP contribution in [-0.4, -0.2) is 5.91 Å². The zero-order valence-corrected chi connectivity index (χ0v) is 14.7. The van der Waals surface area contributed by atoms with Gasteiger partial charge in [0.15, 0.2) is 0 Å². The van der Waals surface area contributed by atoms with Crippen molar-refractivity contribution in [1.82, 2.24) is 0 Å². The van der Waals surface area contributed by atoms with E-state index in [-0.39, 0.29) is 11.8 Å². The van der Waals surface area contributed by atoms with Crippen molar-refractivity contribution >= 4 is 5.91 Å². The topological polar surface area (TPSA) is 43.1 Å². The zero-order valence-electron chi connectivity index (χ0n) is 14.7. The van der Waals surface area contributed by atoms with Gasteiger partial charge in [-0.2, -0.15) is 0 Å². The third kappa shape index (κ3) is 2.98. The van der Waals surface area contributed by atoms with Crippen molar-refractivity contribution in [2.75, 3.05) is 0 Å². The maximum atomic E-state index is 12.5. The molecule has 2 nitrogen and oxygen atoms in total. The molecule has 1 atom stereocenters. The summed E-state index contributed by atoms with van der Waals surface area (Å²) in [6.07, 6.45) is 3.92. The van der Waals surface area contributed by atoms with E-state index in [1.54, 1.807) is 0 Å². The van der Waals surface area contributed by atoms with Crippen LogP contribution >= 0.6 is 0 Å². The molecule has 0 bridgehead atoms. The predicted octanol–water partition coefficient (Wildman–Crippen LogP) is 4.99. The van der Waals surface area contributed by atoms with Crippen LogP contribution in [0.3, 0.4) is 0 Å². The van der Waals surface area contributed by atoms with Crippen LogP contribution in [0.25, 0.3) is 0 Å². The number of benzene rings is 2. The summed E-state index contributed by atoms with van der Waals surface area (Å²) >= 11 is 0. The molecule has 126 valence electrons. The number of amides is 1. The molecule has 3 rings (SSSR count). The molecule has 0 saturated heterocycles. The van der Waals surface area contributed by atoms with Gasteiger partial charge in [-0.1, -0.05) is 81.3 Å². The Morgan fingerprint density at radius 3 is 1.88 bits per heavy atom. The molecule has 1 aliphatic rings. The average Bonchev–Trinajstić information content (AvgIpc) is 3.07. The van der Waals surface area contributed by atoms with Gasteiger partial charge in [-0.05, 0) is 35.4 Å². The van der Waals surface area contributed by atoms with Gasteiger partial charge in [0.2, 0.25) is 5.91 Å². The fourth-order valence-corrected chi connectivity index (χ4v) is 4.23. The first-order valence-electron chi connectivity index (χ1n) is 8.99. The molecule has 2 heteroatoms. The van der Waals surface area contributed by atoms with Crippen LogP contribution in [0.15, 0.2) is 54.6 Å². The van der Waals surface area contributed by atoms with Crippen LogP contribution in [0, 0.1) is 5.41 Å². The molecule has 0 aliphatic heterocycles. The molecule has 0 spiro atoms. The lowest BCUT2D eigenvalue weighted by Crippen LogP contribution is -2.40. The number of carbonyl (C=O) groups excluding carboxylic acids is 1. The maximum absolute atomic E-state index is 12.5. The first-order valence-corrected chi connectivity index (χ1v) is 8.99. The molecule has 0 radical (unpaired) electrons. The summed E-state index contributed by atoms with van der Waals surface area (Å²) in [5, 5.41) is 0. The molecule has 2 aromatic carbocycles. The Kier molecular flexibility index (Phi) is 4.75. The van der Waals surface area contributed by atoms with Gasteiger partial charge in [-0.3, -0.25) is 4.79 Å². The van der Waals surface area contributed by atoms with Gasteiger partial charge in [0.1, 0.15) is 0 Å². The van der Waals surface area contributed by atoms with E-state index in [9.17, 15) is 4.79 Å². The highest BCUT2D eigenvalue weighted by molar-refractivity contribution is 5.83. The minimum Gasteiger partial charge on any atom is -0.369 e. The lowest BCUT2D eigenvalue weighted by Gasteiger charge is -2.36. The van der Waals surface area contributed by atoms with Crippen molar-refractivity contribution < 1.29 is 4.79 Å². The van der Waals surface area contributed by atoms with Crippen LogP contribution in [-0.2, 0) is 4.79 Å². The highest BCUT2D eigenvalue weighted by Gasteiger charge is 2.47. The Labute approximate surface area is 145 Å². The van der Waals surface area contributed by atoms with Gasteiger partial charge in [0, 0.05) is 5.92 Å². The molecule has 0 aromatic heterocycles. The quantitative estimate of drug-likeness (QED) is 0.828. The Hall–Kier alpha value is -2.09. The molecule has 24 heavy (non-hydrogen) atoms. The predicted molar refractivity (Wildman–Crippen MR) is 98.9 cm³/mol. The third-order valence-corrected chi connectivity index (χ3v) is 5.61. The summed E-state index contributed by atoms with van der Waals surface area (Å²) < 4.78 is 0. The minimum atomic E-state index is -0.458. The maximum Gasteiger partial charge on any atom is 0.224 e. The van der Waals surface area contributed by atoms with Crippen molar-refractivity contribution in [3.05, 3.63) is 71.3 Å². The lowest BCUT2D eigenvalue weighted by molar-refractivity contribution is -0.128. The molecule has 1 unspecified atom stereocenters. The van der Waals surface area contributed by atoms with E-state index in [1.807, 2.05) is 6.07 Å². The Morgan fingerprint density at radius 2 is 1.38 bits per heavy atom. The van der Waals surface area contributed by atoms with Crippen LogP contribution in [0.4, 0.5) is 0 Å². The highest BCUT2D eigenvalue weighted by atomic mass is 16.1. The average molecular weight is 321 g/mol. The van der Waals surface area contributed by atoms with E-state index in [0.717, 1.165) is 25.7 Å². The molecule has 1 saturated carbocycles. The van der Waals surface area contributed by atoms with Crippen molar-refractivity contribution in [3.63, 3.8) is 0 Å². The molecule has 1 aliphatic carbocycles. The van der Waals surface area contributed by atoms with Crippen LogP contribution in [0.2, 0.25) is 0 Å². The van der Waals surface area contributed by atoms with Gasteiger partial charge >= 0.3 is 0 Å². The highest BCUT2D eigenvalue weighted by Crippen LogP contribution is 2.51. The van der Waals surface area contributed by atoms with Gasteiger partial charge in [-0.25, -0.2) is 0 Å². The second kappa shape index (κ2) is 6.80. The monoisotopic (exact) mass is 321 g/mol. The summed E-state index contributed by atoms with van der Waals surface area (Å²) in [5.41, 5.74) is 9.20. The van der Waals surface area contributed by atoms with E-state index in [0.29, 0.717) is 5.92 Å². The molecular weight excluding hydrogens is 294 g/mol. The zero-order chi connectivity index (χ0) is 17.2. The minimum absolute atomic E-state index is 0.0416. The first-order chi connectivity index (χ1) is 11.5. The molecule has 1 amide bonds. The summed E-state index contributed by atoms with van der Waals surface area (Å²) in [6.45, 7) is 4.40. The van der Waals surface area contributed by atoms with Gasteiger partial charge in [0.05, 0.1) is 5.41 Å². The number of carbonyl (C=O) groups is 1. The van der Waals surface area contributed by atoms with Crippen molar-refractivity contribution in [2.45, 2.75) is 51.4 Å². The number of hydrogen-bond donors (Lipinski definition) is 1. The molecular formula is C22H27NO. The van der Waals surface area contributed by atoms with E-state index in [1.165, 1.54) is 16.7 Å². The second-order valence-corrected chi connectivity index (χ2v) is 7.39. The summed E-state index contributed by atoms with van der Waals surface area (Å²) in [6, 6.07) is 19.1. The molecule has 1 fully saturated rings. The van der Waals surface area contributed by atoms with Gasteiger partial charge in [-0.15, -0.1) is 0 Å². The second-order valence-electron chi connectivity index (χ2n) is 7.39. The summed E-state index contributed by atoms with van der Waals surface area (Å²) in [7, 11) is 0. The van der Waals surface area contributed by atoms with Crippen molar-refractivity contribution in [3.8, 4) is 0 Å². The Morgan fingerprint density at radius 1 is 0.875 bits per heavy atom. The molecule has 2 aromatic rings. The van der Waals surface area contributed by atoms with Crippen molar-refractivity contribution in [2.24, 2.45) is 11.1 Å². The first kappa shape index (κ1) is 16.8. The fraction of sp³-hybridized carbons (Fsp3) is 0.409.